The van der Waals surface area contributed by atoms with Crippen molar-refractivity contribution in [3.8, 4) is 0 Å². The van der Waals surface area contributed by atoms with Crippen molar-refractivity contribution in [2.45, 2.75) is 57.7 Å². The van der Waals surface area contributed by atoms with E-state index in [0.717, 1.165) is 57.8 Å². The number of hydrogen-bond acceptors (Lipinski definition) is 3. The van der Waals surface area contributed by atoms with Crippen LogP contribution in [0.4, 0.5) is 4.39 Å². The summed E-state index contributed by atoms with van der Waals surface area (Å²) < 4.78 is 14.6. The quantitative estimate of drug-likeness (QED) is 0.541. The van der Waals surface area contributed by atoms with E-state index >= 15 is 0 Å². The number of hydrogen-bond donors (Lipinski definition) is 2. The molecule has 2 saturated heterocycles. The molecule has 0 saturated carbocycles. The van der Waals surface area contributed by atoms with Crippen LogP contribution < -0.4 is 10.6 Å². The van der Waals surface area contributed by atoms with Gasteiger partial charge in [0.25, 0.3) is 0 Å². The summed E-state index contributed by atoms with van der Waals surface area (Å²) in [6.07, 6.45) is 4.50. The Morgan fingerprint density at radius 2 is 1.86 bits per heavy atom. The Morgan fingerprint density at radius 1 is 1.17 bits per heavy atom. The van der Waals surface area contributed by atoms with Gasteiger partial charge >= 0.3 is 0 Å². The minimum absolute atomic E-state index is 0.104. The summed E-state index contributed by atoms with van der Waals surface area (Å²) in [6.45, 7) is 9.22. The topological polar surface area (TPSA) is 42.9 Å². The highest BCUT2D eigenvalue weighted by molar-refractivity contribution is 6.31. The summed E-state index contributed by atoms with van der Waals surface area (Å²) in [4.78, 5) is 9.25. The molecule has 5 nitrogen and oxygen atoms in total. The second kappa shape index (κ2) is 10.6. The van der Waals surface area contributed by atoms with Gasteiger partial charge in [-0.3, -0.25) is 9.89 Å². The van der Waals surface area contributed by atoms with Crippen molar-refractivity contribution in [2.24, 2.45) is 4.99 Å². The van der Waals surface area contributed by atoms with Gasteiger partial charge in [0.05, 0.1) is 6.04 Å². The fourth-order valence-electron chi connectivity index (χ4n) is 4.44. The maximum absolute atomic E-state index is 14.6. The van der Waals surface area contributed by atoms with Crippen LogP contribution in [0.25, 0.3) is 0 Å². The summed E-state index contributed by atoms with van der Waals surface area (Å²) in [5, 5.41) is 7.49. The lowest BCUT2D eigenvalue weighted by molar-refractivity contribution is 0.167. The standard InChI is InChI=1S/C22H35ClFN5/c1-16(2)28-13-9-17(10-14-28)27-22(25-3)26-15-20(29-11-4-5-12-29)21-18(23)7-6-8-19(21)24/h6-8,16-17,20H,4-5,9-15H2,1-3H3,(H2,25,26,27). The molecule has 7 heteroatoms. The van der Waals surface area contributed by atoms with E-state index in [0.29, 0.717) is 29.2 Å². The highest BCUT2D eigenvalue weighted by atomic mass is 35.5. The van der Waals surface area contributed by atoms with Crippen molar-refractivity contribution in [3.63, 3.8) is 0 Å². The first-order chi connectivity index (χ1) is 14.0. The number of nitrogens with one attached hydrogen (secondary N) is 2. The fraction of sp³-hybridized carbons (Fsp3) is 0.682. The molecule has 0 spiro atoms. The third kappa shape index (κ3) is 5.83. The van der Waals surface area contributed by atoms with Gasteiger partial charge in [0.2, 0.25) is 0 Å². The molecule has 29 heavy (non-hydrogen) atoms. The molecule has 1 atom stereocenters. The van der Waals surface area contributed by atoms with E-state index < -0.39 is 0 Å². The van der Waals surface area contributed by atoms with E-state index in [1.807, 2.05) is 0 Å². The molecule has 2 heterocycles. The summed E-state index contributed by atoms with van der Waals surface area (Å²) in [7, 11) is 1.79. The van der Waals surface area contributed by atoms with Crippen molar-refractivity contribution >= 4 is 17.6 Å². The van der Waals surface area contributed by atoms with Crippen LogP contribution in [0.2, 0.25) is 5.02 Å². The number of rotatable bonds is 6. The largest absolute Gasteiger partial charge is 0.354 e. The molecule has 1 aromatic rings. The second-order valence-electron chi connectivity index (χ2n) is 8.40. The van der Waals surface area contributed by atoms with E-state index in [9.17, 15) is 4.39 Å². The molecule has 0 aromatic heterocycles. The average molecular weight is 424 g/mol. The Bertz CT molecular complexity index is 662. The predicted octanol–water partition coefficient (Wildman–Crippen LogP) is 3.65. The lowest BCUT2D eigenvalue weighted by atomic mass is 10.0. The summed E-state index contributed by atoms with van der Waals surface area (Å²) in [5.41, 5.74) is 0.587. The maximum Gasteiger partial charge on any atom is 0.191 e. The SMILES string of the molecule is CN=C(NCC(c1c(F)cccc1Cl)N1CCCC1)NC1CCN(C(C)C)CC1. The Balaban J connectivity index is 1.62. The van der Waals surface area contributed by atoms with Gasteiger partial charge in [0.1, 0.15) is 5.82 Å². The highest BCUT2D eigenvalue weighted by Crippen LogP contribution is 2.32. The van der Waals surface area contributed by atoms with Gasteiger partial charge in [-0.05, 0) is 64.8 Å². The minimum Gasteiger partial charge on any atom is -0.354 e. The molecule has 2 aliphatic heterocycles. The lowest BCUT2D eigenvalue weighted by Gasteiger charge is -2.35. The number of nitrogens with zero attached hydrogens (tertiary/aromatic N) is 3. The maximum atomic E-state index is 14.6. The van der Waals surface area contributed by atoms with Crippen molar-refractivity contribution in [1.82, 2.24) is 20.4 Å². The van der Waals surface area contributed by atoms with Crippen molar-refractivity contribution in [3.05, 3.63) is 34.6 Å². The van der Waals surface area contributed by atoms with E-state index in [4.69, 9.17) is 11.6 Å². The third-order valence-electron chi connectivity index (χ3n) is 6.20. The van der Waals surface area contributed by atoms with Gasteiger partial charge in [0.15, 0.2) is 5.96 Å². The molecule has 0 amide bonds. The first-order valence-corrected chi connectivity index (χ1v) is 11.3. The molecule has 1 aromatic carbocycles. The molecular formula is C22H35ClFN5. The molecule has 0 bridgehead atoms. The summed E-state index contributed by atoms with van der Waals surface area (Å²) in [5.74, 6) is 0.546. The van der Waals surface area contributed by atoms with Crippen LogP contribution >= 0.6 is 11.6 Å². The first kappa shape index (κ1) is 22.3. The van der Waals surface area contributed by atoms with Gasteiger partial charge < -0.3 is 15.5 Å². The van der Waals surface area contributed by atoms with Crippen LogP contribution in [0.15, 0.2) is 23.2 Å². The van der Waals surface area contributed by atoms with Crippen LogP contribution in [0.3, 0.4) is 0 Å². The van der Waals surface area contributed by atoms with Gasteiger partial charge in [-0.1, -0.05) is 17.7 Å². The van der Waals surface area contributed by atoms with Crippen LogP contribution in [0.5, 0.6) is 0 Å². The number of halogens is 2. The predicted molar refractivity (Wildman–Crippen MR) is 119 cm³/mol. The molecule has 1 unspecified atom stereocenters. The highest BCUT2D eigenvalue weighted by Gasteiger charge is 2.28. The number of likely N-dealkylation sites (tertiary alicyclic amines) is 2. The van der Waals surface area contributed by atoms with Crippen LogP contribution in [-0.4, -0.2) is 67.6 Å². The van der Waals surface area contributed by atoms with E-state index in [-0.39, 0.29) is 11.9 Å². The van der Waals surface area contributed by atoms with E-state index in [2.05, 4.69) is 39.3 Å². The molecule has 2 fully saturated rings. The normalized spacial score (nSPS) is 21.0. The van der Waals surface area contributed by atoms with Crippen LogP contribution in [0.1, 0.15) is 51.1 Å². The van der Waals surface area contributed by atoms with Gasteiger partial charge in [-0.2, -0.15) is 0 Å². The number of piperidine rings is 1. The smallest absolute Gasteiger partial charge is 0.191 e. The first-order valence-electron chi connectivity index (χ1n) is 10.9. The zero-order valence-electron chi connectivity index (χ0n) is 17.9. The Labute approximate surface area is 179 Å². The van der Waals surface area contributed by atoms with E-state index in [1.165, 1.54) is 6.07 Å². The van der Waals surface area contributed by atoms with Crippen molar-refractivity contribution in [2.75, 3.05) is 39.8 Å². The molecule has 3 rings (SSSR count). The van der Waals surface area contributed by atoms with Gasteiger partial charge in [-0.15, -0.1) is 0 Å². The molecule has 2 aliphatic rings. The molecule has 0 aliphatic carbocycles. The third-order valence-corrected chi connectivity index (χ3v) is 6.53. The fourth-order valence-corrected chi connectivity index (χ4v) is 4.73. The van der Waals surface area contributed by atoms with Crippen molar-refractivity contribution in [1.29, 1.82) is 0 Å². The molecule has 0 radical (unpaired) electrons. The monoisotopic (exact) mass is 423 g/mol. The number of guanidine groups is 1. The Hall–Kier alpha value is -1.37. The summed E-state index contributed by atoms with van der Waals surface area (Å²) >= 11 is 6.40. The zero-order valence-corrected chi connectivity index (χ0v) is 18.7. The molecule has 162 valence electrons. The minimum atomic E-state index is -0.236. The zero-order chi connectivity index (χ0) is 20.8. The average Bonchev–Trinajstić information content (AvgIpc) is 3.24. The molecule has 2 N–H and O–H groups in total. The summed E-state index contributed by atoms with van der Waals surface area (Å²) in [6, 6.07) is 5.85. The Morgan fingerprint density at radius 3 is 2.45 bits per heavy atom. The lowest BCUT2D eigenvalue weighted by Crippen LogP contribution is -2.51. The van der Waals surface area contributed by atoms with Crippen LogP contribution in [-0.2, 0) is 0 Å². The van der Waals surface area contributed by atoms with Crippen LogP contribution in [0, 0.1) is 5.82 Å². The van der Waals surface area contributed by atoms with Gasteiger partial charge in [-0.25, -0.2) is 4.39 Å². The second-order valence-corrected chi connectivity index (χ2v) is 8.80. The number of benzene rings is 1. The van der Waals surface area contributed by atoms with E-state index in [1.54, 1.807) is 19.2 Å². The Kier molecular flexibility index (Phi) is 8.16. The van der Waals surface area contributed by atoms with Gasteiger partial charge in [0, 0.05) is 49.4 Å². The van der Waals surface area contributed by atoms with Crippen molar-refractivity contribution < 1.29 is 4.39 Å². The molecular weight excluding hydrogens is 389 g/mol. The number of aliphatic imine (C=N–C) groups is 1.